The van der Waals surface area contributed by atoms with Crippen LogP contribution in [0.3, 0.4) is 0 Å². The second-order valence-corrected chi connectivity index (χ2v) is 7.76. The first-order valence-corrected chi connectivity index (χ1v) is 9.43. The normalized spacial score (nSPS) is 16.4. The summed E-state index contributed by atoms with van der Waals surface area (Å²) in [6.07, 6.45) is -2.57. The lowest BCUT2D eigenvalue weighted by Gasteiger charge is -2.28. The third-order valence-electron chi connectivity index (χ3n) is 3.67. The molecule has 1 saturated heterocycles. The summed E-state index contributed by atoms with van der Waals surface area (Å²) in [5, 5.41) is 0. The molecule has 136 valence electrons. The Morgan fingerprint density at radius 1 is 1.21 bits per heavy atom. The van der Waals surface area contributed by atoms with Crippen LogP contribution in [0.4, 0.5) is 19.0 Å². The number of aryl methyl sites for hydroxylation is 1. The number of alkyl halides is 3. The van der Waals surface area contributed by atoms with Crippen molar-refractivity contribution in [3.05, 3.63) is 17.6 Å². The highest BCUT2D eigenvalue weighted by Gasteiger charge is 2.29. The van der Waals surface area contributed by atoms with Gasteiger partial charge in [0.25, 0.3) is 0 Å². The summed E-state index contributed by atoms with van der Waals surface area (Å²) < 4.78 is 61.8. The molecular formula is C14H21F3N4O2S. The van der Waals surface area contributed by atoms with Gasteiger partial charge in [-0.1, -0.05) is 0 Å². The summed E-state index contributed by atoms with van der Waals surface area (Å²) in [4.78, 5) is 10.6. The number of nitrogens with zero attached hydrogens (tertiary/aromatic N) is 3. The number of piperidine rings is 1. The molecule has 10 heteroatoms. The minimum atomic E-state index is -4.50. The minimum Gasteiger partial charge on any atom is -0.357 e. The van der Waals surface area contributed by atoms with Gasteiger partial charge in [-0.05, 0) is 26.2 Å². The second kappa shape index (κ2) is 7.64. The van der Waals surface area contributed by atoms with Crippen molar-refractivity contribution in [3.8, 4) is 0 Å². The van der Waals surface area contributed by atoms with E-state index in [1.807, 2.05) is 6.07 Å². The quantitative estimate of drug-likeness (QED) is 0.835. The standard InChI is InChI=1S/C14H21F3N4O2S/c1-11-9-13(21-6-3-2-4-7-21)20-12(19-11)10-18-24(22,23)8-5-14(15,16)17/h9,18H,2-8,10H2,1H3. The zero-order valence-corrected chi connectivity index (χ0v) is 14.3. The molecule has 24 heavy (non-hydrogen) atoms. The van der Waals surface area contributed by atoms with E-state index in [9.17, 15) is 21.6 Å². The van der Waals surface area contributed by atoms with Gasteiger partial charge < -0.3 is 4.90 Å². The first-order chi connectivity index (χ1) is 11.1. The summed E-state index contributed by atoms with van der Waals surface area (Å²) in [5.41, 5.74) is 0.690. The fraction of sp³-hybridized carbons (Fsp3) is 0.714. The van der Waals surface area contributed by atoms with Gasteiger partial charge in [-0.25, -0.2) is 23.1 Å². The van der Waals surface area contributed by atoms with Crippen molar-refractivity contribution in [2.45, 2.75) is 45.3 Å². The van der Waals surface area contributed by atoms with Crippen molar-refractivity contribution in [2.75, 3.05) is 23.7 Å². The summed E-state index contributed by atoms with van der Waals surface area (Å²) in [6, 6.07) is 1.83. The van der Waals surface area contributed by atoms with E-state index < -0.39 is 28.4 Å². The number of halogens is 3. The van der Waals surface area contributed by atoms with Crippen LogP contribution >= 0.6 is 0 Å². The molecule has 0 bridgehead atoms. The molecule has 0 saturated carbocycles. The number of rotatable bonds is 6. The molecular weight excluding hydrogens is 345 g/mol. The second-order valence-electron chi connectivity index (χ2n) is 5.84. The van der Waals surface area contributed by atoms with E-state index in [0.717, 1.165) is 31.7 Å². The molecule has 0 atom stereocenters. The van der Waals surface area contributed by atoms with Crippen LogP contribution in [0.2, 0.25) is 0 Å². The Morgan fingerprint density at radius 3 is 2.50 bits per heavy atom. The molecule has 0 aliphatic carbocycles. The maximum atomic E-state index is 12.1. The van der Waals surface area contributed by atoms with Gasteiger partial charge >= 0.3 is 6.18 Å². The SMILES string of the molecule is Cc1cc(N2CCCCC2)nc(CNS(=O)(=O)CCC(F)(F)F)n1. The topological polar surface area (TPSA) is 75.2 Å². The van der Waals surface area contributed by atoms with Gasteiger partial charge in [-0.15, -0.1) is 0 Å². The van der Waals surface area contributed by atoms with E-state index in [1.165, 1.54) is 6.42 Å². The lowest BCUT2D eigenvalue weighted by atomic mass is 10.1. The Labute approximate surface area is 139 Å². The zero-order valence-electron chi connectivity index (χ0n) is 13.4. The predicted molar refractivity (Wildman–Crippen MR) is 84.1 cm³/mol. The fourth-order valence-corrected chi connectivity index (χ4v) is 3.47. The Kier molecular flexibility index (Phi) is 6.02. The van der Waals surface area contributed by atoms with E-state index >= 15 is 0 Å². The largest absolute Gasteiger partial charge is 0.390 e. The summed E-state index contributed by atoms with van der Waals surface area (Å²) >= 11 is 0. The predicted octanol–water partition coefficient (Wildman–Crippen LogP) is 2.15. The maximum Gasteiger partial charge on any atom is 0.390 e. The van der Waals surface area contributed by atoms with Gasteiger partial charge in [-0.3, -0.25) is 0 Å². The molecule has 1 aromatic rings. The lowest BCUT2D eigenvalue weighted by molar-refractivity contribution is -0.129. The van der Waals surface area contributed by atoms with Crippen LogP contribution in [-0.4, -0.2) is 43.4 Å². The Bertz CT molecular complexity index is 658. The molecule has 0 aromatic carbocycles. The molecule has 1 fully saturated rings. The number of nitrogens with one attached hydrogen (secondary N) is 1. The highest BCUT2D eigenvalue weighted by Crippen LogP contribution is 2.20. The van der Waals surface area contributed by atoms with Crippen molar-refractivity contribution in [1.29, 1.82) is 0 Å². The van der Waals surface area contributed by atoms with Gasteiger partial charge in [0.1, 0.15) is 11.6 Å². The summed E-state index contributed by atoms with van der Waals surface area (Å²) in [5.74, 6) is -0.0146. The first kappa shape index (κ1) is 18.9. The number of hydrogen-bond donors (Lipinski definition) is 1. The Morgan fingerprint density at radius 2 is 1.88 bits per heavy atom. The number of aromatic nitrogens is 2. The van der Waals surface area contributed by atoms with Crippen LogP contribution in [0.15, 0.2) is 6.07 Å². The smallest absolute Gasteiger partial charge is 0.357 e. The van der Waals surface area contributed by atoms with E-state index in [-0.39, 0.29) is 12.4 Å². The maximum absolute atomic E-state index is 12.1. The fourth-order valence-electron chi connectivity index (χ4n) is 2.47. The molecule has 1 aliphatic rings. The zero-order chi connectivity index (χ0) is 17.8. The molecule has 1 aromatic heterocycles. The van der Waals surface area contributed by atoms with Gasteiger partial charge in [-0.2, -0.15) is 13.2 Å². The molecule has 2 heterocycles. The van der Waals surface area contributed by atoms with Gasteiger partial charge in [0.05, 0.1) is 18.7 Å². The van der Waals surface area contributed by atoms with Gasteiger partial charge in [0.15, 0.2) is 0 Å². The Balaban J connectivity index is 2.00. The highest BCUT2D eigenvalue weighted by molar-refractivity contribution is 7.89. The van der Waals surface area contributed by atoms with Crippen LogP contribution in [-0.2, 0) is 16.6 Å². The van der Waals surface area contributed by atoms with Crippen molar-refractivity contribution in [3.63, 3.8) is 0 Å². The van der Waals surface area contributed by atoms with Crippen molar-refractivity contribution < 1.29 is 21.6 Å². The van der Waals surface area contributed by atoms with Gasteiger partial charge in [0.2, 0.25) is 10.0 Å². The van der Waals surface area contributed by atoms with E-state index in [0.29, 0.717) is 5.69 Å². The van der Waals surface area contributed by atoms with Gasteiger partial charge in [0, 0.05) is 24.8 Å². The molecule has 0 amide bonds. The average Bonchev–Trinajstić information content (AvgIpc) is 2.51. The molecule has 0 unspecified atom stereocenters. The van der Waals surface area contributed by atoms with E-state index in [1.54, 1.807) is 6.92 Å². The minimum absolute atomic E-state index is 0.220. The van der Waals surface area contributed by atoms with Crippen LogP contribution in [0, 0.1) is 6.92 Å². The van der Waals surface area contributed by atoms with E-state index in [2.05, 4.69) is 19.6 Å². The Hall–Kier alpha value is -1.42. The van der Waals surface area contributed by atoms with E-state index in [4.69, 9.17) is 0 Å². The van der Waals surface area contributed by atoms with Crippen LogP contribution < -0.4 is 9.62 Å². The summed E-state index contributed by atoms with van der Waals surface area (Å²) in [6.45, 7) is 3.32. The molecule has 0 spiro atoms. The lowest BCUT2D eigenvalue weighted by Crippen LogP contribution is -2.32. The van der Waals surface area contributed by atoms with Crippen molar-refractivity contribution in [2.24, 2.45) is 0 Å². The molecule has 1 N–H and O–H groups in total. The van der Waals surface area contributed by atoms with Crippen LogP contribution in [0.1, 0.15) is 37.2 Å². The number of sulfonamides is 1. The molecule has 1 aliphatic heterocycles. The first-order valence-electron chi connectivity index (χ1n) is 7.78. The third kappa shape index (κ3) is 6.23. The molecule has 2 rings (SSSR count). The molecule has 0 radical (unpaired) electrons. The van der Waals surface area contributed by atoms with Crippen LogP contribution in [0.25, 0.3) is 0 Å². The highest BCUT2D eigenvalue weighted by atomic mass is 32.2. The third-order valence-corrected chi connectivity index (χ3v) is 5.00. The van der Waals surface area contributed by atoms with Crippen LogP contribution in [0.5, 0.6) is 0 Å². The van der Waals surface area contributed by atoms with Crippen molar-refractivity contribution in [1.82, 2.24) is 14.7 Å². The molecule has 6 nitrogen and oxygen atoms in total. The number of hydrogen-bond acceptors (Lipinski definition) is 5. The number of anilines is 1. The summed E-state index contributed by atoms with van der Waals surface area (Å²) in [7, 11) is -4.03. The average molecular weight is 366 g/mol. The monoisotopic (exact) mass is 366 g/mol. The van der Waals surface area contributed by atoms with Crippen molar-refractivity contribution >= 4 is 15.8 Å².